The molecule has 0 aromatic heterocycles. The summed E-state index contributed by atoms with van der Waals surface area (Å²) in [6.45, 7) is 5.87. The molecular weight excluding hydrogens is 270 g/mol. The number of fused-ring (bicyclic) bond motifs is 1. The second-order valence-electron chi connectivity index (χ2n) is 7.84. The molecule has 0 radical (unpaired) electrons. The van der Waals surface area contributed by atoms with Crippen LogP contribution in [-0.2, 0) is 14.3 Å². The van der Waals surface area contributed by atoms with Gasteiger partial charge in [0.1, 0.15) is 0 Å². The number of hydrogen-bond donors (Lipinski definition) is 1. The second-order valence-corrected chi connectivity index (χ2v) is 7.84. The van der Waals surface area contributed by atoms with Gasteiger partial charge >= 0.3 is 5.97 Å². The van der Waals surface area contributed by atoms with Gasteiger partial charge in [-0.25, -0.2) is 4.79 Å². The van der Waals surface area contributed by atoms with Crippen LogP contribution in [0.5, 0.6) is 0 Å². The van der Waals surface area contributed by atoms with Gasteiger partial charge in [-0.1, -0.05) is 40.0 Å². The van der Waals surface area contributed by atoms with Crippen LogP contribution in [0.25, 0.3) is 0 Å². The first-order chi connectivity index (χ1) is 9.72. The molecule has 0 aromatic rings. The van der Waals surface area contributed by atoms with Crippen LogP contribution in [0.15, 0.2) is 0 Å². The minimum Gasteiger partial charge on any atom is -0.439 e. The zero-order chi connectivity index (χ0) is 15.5. The largest absolute Gasteiger partial charge is 0.439 e. The van der Waals surface area contributed by atoms with Gasteiger partial charge in [-0.3, -0.25) is 9.69 Å². The van der Waals surface area contributed by atoms with Gasteiger partial charge < -0.3 is 9.84 Å². The number of nitrogens with zero attached hydrogens (tertiary/aromatic N) is 1. The lowest BCUT2D eigenvalue weighted by Crippen LogP contribution is -2.65. The van der Waals surface area contributed by atoms with Crippen molar-refractivity contribution in [2.24, 2.45) is 5.41 Å². The van der Waals surface area contributed by atoms with Gasteiger partial charge in [0.25, 0.3) is 0 Å². The van der Waals surface area contributed by atoms with Crippen LogP contribution in [0.4, 0.5) is 0 Å². The number of carbonyl (C=O) groups excluding carboxylic acids is 2. The first kappa shape index (κ1) is 14.8. The van der Waals surface area contributed by atoms with E-state index in [9.17, 15) is 14.7 Å². The van der Waals surface area contributed by atoms with E-state index in [0.717, 1.165) is 19.3 Å². The maximum absolute atomic E-state index is 12.7. The van der Waals surface area contributed by atoms with E-state index in [1.807, 2.05) is 20.8 Å². The fraction of sp³-hybridized carbons (Fsp3) is 0.875. The number of ether oxygens (including phenoxy) is 1. The minimum absolute atomic E-state index is 0.0697. The molecule has 1 aliphatic carbocycles. The number of carbonyl (C=O) groups is 2. The standard InChI is InChI=1S/C16H25NO4/c1-14(2,3)12-17-11(18)7-10-16(17,13(19)21-12)15(20)8-5-4-6-9-15/h12,20H,4-10H2,1-3H3/t12-,16-/m1/s1. The molecule has 3 fully saturated rings. The Labute approximate surface area is 125 Å². The third kappa shape index (κ3) is 1.86. The number of esters is 1. The molecule has 1 saturated carbocycles. The van der Waals surface area contributed by atoms with Crippen molar-refractivity contribution in [3.8, 4) is 0 Å². The normalized spacial score (nSPS) is 35.8. The highest BCUT2D eigenvalue weighted by atomic mass is 16.6. The number of rotatable bonds is 1. The van der Waals surface area contributed by atoms with Crippen LogP contribution >= 0.6 is 0 Å². The van der Waals surface area contributed by atoms with Crippen LogP contribution < -0.4 is 0 Å². The lowest BCUT2D eigenvalue weighted by molar-refractivity contribution is -0.161. The average Bonchev–Trinajstić information content (AvgIpc) is 2.89. The molecule has 2 heterocycles. The van der Waals surface area contributed by atoms with Crippen molar-refractivity contribution >= 4 is 11.9 Å². The first-order valence-corrected chi connectivity index (χ1v) is 7.98. The molecule has 0 aromatic carbocycles. The van der Waals surface area contributed by atoms with Crippen molar-refractivity contribution in [1.82, 2.24) is 4.90 Å². The highest BCUT2D eigenvalue weighted by Crippen LogP contribution is 2.53. The van der Waals surface area contributed by atoms with Crippen molar-refractivity contribution in [2.75, 3.05) is 0 Å². The Kier molecular flexibility index (Phi) is 3.14. The zero-order valence-corrected chi connectivity index (χ0v) is 13.1. The van der Waals surface area contributed by atoms with E-state index in [1.165, 1.54) is 0 Å². The molecule has 2 atom stereocenters. The van der Waals surface area contributed by atoms with Crippen LogP contribution in [0, 0.1) is 5.41 Å². The van der Waals surface area contributed by atoms with Crippen molar-refractivity contribution in [3.05, 3.63) is 0 Å². The van der Waals surface area contributed by atoms with Gasteiger partial charge in [0.05, 0.1) is 5.60 Å². The van der Waals surface area contributed by atoms with Crippen molar-refractivity contribution in [2.45, 2.75) is 83.1 Å². The van der Waals surface area contributed by atoms with E-state index in [1.54, 1.807) is 4.90 Å². The average molecular weight is 295 g/mol. The molecule has 0 unspecified atom stereocenters. The minimum atomic E-state index is -1.15. The third-order valence-electron chi connectivity index (χ3n) is 5.36. The number of cyclic esters (lactones) is 1. The monoisotopic (exact) mass is 295 g/mol. The Bertz CT molecular complexity index is 475. The molecule has 0 bridgehead atoms. The van der Waals surface area contributed by atoms with E-state index in [-0.39, 0.29) is 11.3 Å². The van der Waals surface area contributed by atoms with Crippen molar-refractivity contribution < 1.29 is 19.4 Å². The fourth-order valence-electron chi connectivity index (χ4n) is 4.29. The molecular formula is C16H25NO4. The van der Waals surface area contributed by atoms with Crippen LogP contribution in [0.3, 0.4) is 0 Å². The Morgan fingerprint density at radius 3 is 2.33 bits per heavy atom. The Balaban J connectivity index is 2.07. The predicted octanol–water partition coefficient (Wildman–Crippen LogP) is 1.97. The van der Waals surface area contributed by atoms with Gasteiger partial charge in [0, 0.05) is 11.8 Å². The Morgan fingerprint density at radius 1 is 1.14 bits per heavy atom. The topological polar surface area (TPSA) is 66.8 Å². The predicted molar refractivity (Wildman–Crippen MR) is 76.2 cm³/mol. The van der Waals surface area contributed by atoms with E-state index in [4.69, 9.17) is 4.74 Å². The molecule has 21 heavy (non-hydrogen) atoms. The molecule has 118 valence electrons. The summed E-state index contributed by atoms with van der Waals surface area (Å²) in [6.07, 6.45) is 4.14. The molecule has 2 saturated heterocycles. The summed E-state index contributed by atoms with van der Waals surface area (Å²) in [5.74, 6) is -0.475. The molecule has 5 nitrogen and oxygen atoms in total. The summed E-state index contributed by atoms with van der Waals surface area (Å²) in [4.78, 5) is 26.7. The van der Waals surface area contributed by atoms with Gasteiger partial charge in [0.2, 0.25) is 5.91 Å². The molecule has 5 heteroatoms. The van der Waals surface area contributed by atoms with E-state index >= 15 is 0 Å². The van der Waals surface area contributed by atoms with E-state index in [0.29, 0.717) is 25.7 Å². The lowest BCUT2D eigenvalue weighted by Gasteiger charge is -2.46. The van der Waals surface area contributed by atoms with Crippen LogP contribution in [0.2, 0.25) is 0 Å². The maximum atomic E-state index is 12.7. The first-order valence-electron chi connectivity index (χ1n) is 7.98. The molecule has 2 aliphatic heterocycles. The van der Waals surface area contributed by atoms with Gasteiger partial charge in [-0.2, -0.15) is 0 Å². The fourth-order valence-corrected chi connectivity index (χ4v) is 4.29. The molecule has 1 amide bonds. The van der Waals surface area contributed by atoms with Gasteiger partial charge in [0.15, 0.2) is 11.8 Å². The summed E-state index contributed by atoms with van der Waals surface area (Å²) in [7, 11) is 0. The summed E-state index contributed by atoms with van der Waals surface area (Å²) in [5, 5.41) is 11.2. The van der Waals surface area contributed by atoms with Crippen LogP contribution in [-0.4, -0.2) is 39.3 Å². The van der Waals surface area contributed by atoms with E-state index < -0.39 is 23.3 Å². The highest BCUT2D eigenvalue weighted by molar-refractivity contribution is 5.95. The molecule has 3 rings (SSSR count). The van der Waals surface area contributed by atoms with Gasteiger partial charge in [-0.05, 0) is 19.3 Å². The SMILES string of the molecule is CC(C)(C)[C@H]1OC(=O)[C@@]2(C3(O)CCCCC3)CCC(=O)N12. The Hall–Kier alpha value is -1.10. The lowest BCUT2D eigenvalue weighted by atomic mass is 9.69. The summed E-state index contributed by atoms with van der Waals surface area (Å²) in [6, 6.07) is 0. The summed E-state index contributed by atoms with van der Waals surface area (Å²) >= 11 is 0. The number of aliphatic hydroxyl groups is 1. The van der Waals surface area contributed by atoms with Crippen LogP contribution in [0.1, 0.15) is 65.7 Å². The zero-order valence-electron chi connectivity index (χ0n) is 13.1. The molecule has 1 N–H and O–H groups in total. The third-order valence-corrected chi connectivity index (χ3v) is 5.36. The smallest absolute Gasteiger partial charge is 0.337 e. The molecule has 3 aliphatic rings. The number of amides is 1. The summed E-state index contributed by atoms with van der Waals surface area (Å²) < 4.78 is 5.59. The van der Waals surface area contributed by atoms with E-state index in [2.05, 4.69) is 0 Å². The van der Waals surface area contributed by atoms with Crippen molar-refractivity contribution in [1.29, 1.82) is 0 Å². The van der Waals surface area contributed by atoms with Crippen molar-refractivity contribution in [3.63, 3.8) is 0 Å². The van der Waals surface area contributed by atoms with Gasteiger partial charge in [-0.15, -0.1) is 0 Å². The highest BCUT2D eigenvalue weighted by Gasteiger charge is 2.71. The maximum Gasteiger partial charge on any atom is 0.337 e. The molecule has 0 spiro atoms. The quantitative estimate of drug-likeness (QED) is 0.751. The number of hydrogen-bond acceptors (Lipinski definition) is 4. The second kappa shape index (κ2) is 4.45. The summed E-state index contributed by atoms with van der Waals surface area (Å²) in [5.41, 5.74) is -2.64. The Morgan fingerprint density at radius 2 is 1.76 bits per heavy atom.